The monoisotopic (exact) mass is 415 g/mol. The summed E-state index contributed by atoms with van der Waals surface area (Å²) in [6, 6.07) is 16.4. The van der Waals surface area contributed by atoms with Crippen LogP contribution in [-0.2, 0) is 13.2 Å². The van der Waals surface area contributed by atoms with Crippen LogP contribution in [0.15, 0.2) is 60.7 Å². The van der Waals surface area contributed by atoms with Crippen molar-refractivity contribution in [2.75, 3.05) is 12.4 Å². The summed E-state index contributed by atoms with van der Waals surface area (Å²) in [4.78, 5) is 11.2. The minimum absolute atomic E-state index is 0.0108. The van der Waals surface area contributed by atoms with Gasteiger partial charge in [-0.05, 0) is 48.0 Å². The zero-order valence-corrected chi connectivity index (χ0v) is 16.4. The van der Waals surface area contributed by atoms with E-state index >= 15 is 0 Å². The van der Waals surface area contributed by atoms with E-state index < -0.39 is 11.8 Å². The van der Waals surface area contributed by atoms with Gasteiger partial charge in [0.1, 0.15) is 23.9 Å². The summed E-state index contributed by atoms with van der Waals surface area (Å²) in [6.07, 6.45) is 0. The molecule has 0 heterocycles. The van der Waals surface area contributed by atoms with Gasteiger partial charge in [-0.15, -0.1) is 0 Å². The Morgan fingerprint density at radius 2 is 1.93 bits per heavy atom. The van der Waals surface area contributed by atoms with Gasteiger partial charge in [0.2, 0.25) is 0 Å². The number of rotatable bonds is 8. The number of hydrogen-bond acceptors (Lipinski definition) is 4. The molecule has 3 rings (SSSR count). The Labute approximate surface area is 172 Å². The molecule has 7 heteroatoms. The number of aromatic carboxylic acids is 1. The number of nitrogens with one attached hydrogen (secondary N) is 1. The summed E-state index contributed by atoms with van der Waals surface area (Å²) in [5.41, 5.74) is 1.92. The molecular weight excluding hydrogens is 397 g/mol. The summed E-state index contributed by atoms with van der Waals surface area (Å²) in [5, 5.41) is 12.6. The van der Waals surface area contributed by atoms with Crippen LogP contribution in [0.25, 0.3) is 0 Å². The van der Waals surface area contributed by atoms with E-state index in [0.717, 1.165) is 5.56 Å². The molecule has 0 aliphatic heterocycles. The van der Waals surface area contributed by atoms with E-state index in [2.05, 4.69) is 5.32 Å². The Hall–Kier alpha value is -3.25. The van der Waals surface area contributed by atoms with Gasteiger partial charge >= 0.3 is 5.97 Å². The Morgan fingerprint density at radius 3 is 2.66 bits per heavy atom. The summed E-state index contributed by atoms with van der Waals surface area (Å²) in [6.45, 7) is 0.425. The Balaban J connectivity index is 1.69. The van der Waals surface area contributed by atoms with Crippen molar-refractivity contribution in [3.05, 3.63) is 88.2 Å². The van der Waals surface area contributed by atoms with Crippen LogP contribution in [0.5, 0.6) is 11.5 Å². The number of benzene rings is 3. The highest BCUT2D eigenvalue weighted by molar-refractivity contribution is 6.31. The normalized spacial score (nSPS) is 10.4. The number of carbonyl (C=O) groups is 1. The second kappa shape index (κ2) is 9.30. The number of hydrogen-bond donors (Lipinski definition) is 2. The average molecular weight is 416 g/mol. The van der Waals surface area contributed by atoms with Gasteiger partial charge in [0.25, 0.3) is 0 Å². The molecule has 0 amide bonds. The lowest BCUT2D eigenvalue weighted by Gasteiger charge is -2.13. The summed E-state index contributed by atoms with van der Waals surface area (Å²) in [7, 11) is 1.52. The predicted octanol–water partition coefficient (Wildman–Crippen LogP) is 5.38. The third-order valence-corrected chi connectivity index (χ3v) is 4.63. The minimum Gasteiger partial charge on any atom is -0.495 e. The van der Waals surface area contributed by atoms with Crippen molar-refractivity contribution in [2.24, 2.45) is 0 Å². The van der Waals surface area contributed by atoms with Gasteiger partial charge in [0, 0.05) is 12.1 Å². The Kier molecular flexibility index (Phi) is 6.57. The van der Waals surface area contributed by atoms with Crippen LogP contribution in [0.3, 0.4) is 0 Å². The number of carboxylic acids is 1. The van der Waals surface area contributed by atoms with E-state index in [4.69, 9.17) is 26.2 Å². The van der Waals surface area contributed by atoms with Crippen LogP contribution in [0, 0.1) is 5.82 Å². The first-order chi connectivity index (χ1) is 14.0. The van der Waals surface area contributed by atoms with Gasteiger partial charge in [-0.3, -0.25) is 0 Å². The van der Waals surface area contributed by atoms with Crippen LogP contribution in [0.1, 0.15) is 21.5 Å². The van der Waals surface area contributed by atoms with Crippen molar-refractivity contribution in [3.63, 3.8) is 0 Å². The highest BCUT2D eigenvalue weighted by Crippen LogP contribution is 2.27. The number of methoxy groups -OCH3 is 1. The lowest BCUT2D eigenvalue weighted by Crippen LogP contribution is -2.05. The molecule has 0 aliphatic rings. The van der Waals surface area contributed by atoms with E-state index in [1.54, 1.807) is 24.3 Å². The van der Waals surface area contributed by atoms with Crippen LogP contribution in [-0.4, -0.2) is 18.2 Å². The van der Waals surface area contributed by atoms with Crippen molar-refractivity contribution in [1.29, 1.82) is 0 Å². The fraction of sp³-hybridized carbons (Fsp3) is 0.136. The molecule has 0 bridgehead atoms. The van der Waals surface area contributed by atoms with Gasteiger partial charge < -0.3 is 19.9 Å². The summed E-state index contributed by atoms with van der Waals surface area (Å²) < 4.78 is 24.8. The average Bonchev–Trinajstić information content (AvgIpc) is 2.72. The molecule has 0 atom stereocenters. The van der Waals surface area contributed by atoms with Crippen molar-refractivity contribution >= 4 is 23.3 Å². The fourth-order valence-corrected chi connectivity index (χ4v) is 2.96. The number of anilines is 1. The second-order valence-corrected chi connectivity index (χ2v) is 6.62. The Bertz CT molecular complexity index is 1010. The molecule has 3 aromatic carbocycles. The molecule has 0 aromatic heterocycles. The van der Waals surface area contributed by atoms with E-state index in [9.17, 15) is 9.18 Å². The molecular formula is C22H19ClFNO4. The van der Waals surface area contributed by atoms with Gasteiger partial charge in [-0.25, -0.2) is 9.18 Å². The van der Waals surface area contributed by atoms with Crippen molar-refractivity contribution in [2.45, 2.75) is 13.2 Å². The zero-order chi connectivity index (χ0) is 20.8. The number of ether oxygens (including phenoxy) is 2. The predicted molar refractivity (Wildman–Crippen MR) is 109 cm³/mol. The van der Waals surface area contributed by atoms with Crippen LogP contribution < -0.4 is 14.8 Å². The number of carboxylic acid groups (broad SMARTS) is 1. The van der Waals surface area contributed by atoms with Gasteiger partial charge in [-0.2, -0.15) is 0 Å². The molecule has 3 aromatic rings. The van der Waals surface area contributed by atoms with Gasteiger partial charge in [-0.1, -0.05) is 29.8 Å². The zero-order valence-electron chi connectivity index (χ0n) is 15.6. The van der Waals surface area contributed by atoms with E-state index in [0.29, 0.717) is 34.3 Å². The van der Waals surface area contributed by atoms with E-state index in [1.165, 1.54) is 25.3 Å². The first kappa shape index (κ1) is 20.5. The van der Waals surface area contributed by atoms with Gasteiger partial charge in [0.15, 0.2) is 0 Å². The van der Waals surface area contributed by atoms with Crippen molar-refractivity contribution in [1.82, 2.24) is 0 Å². The highest BCUT2D eigenvalue weighted by atomic mass is 35.5. The van der Waals surface area contributed by atoms with E-state index in [-0.39, 0.29) is 12.2 Å². The molecule has 5 nitrogen and oxygen atoms in total. The third kappa shape index (κ3) is 5.18. The van der Waals surface area contributed by atoms with Crippen LogP contribution in [0.2, 0.25) is 5.02 Å². The minimum atomic E-state index is -1.02. The maximum Gasteiger partial charge on any atom is 0.335 e. The second-order valence-electron chi connectivity index (χ2n) is 6.21. The summed E-state index contributed by atoms with van der Waals surface area (Å²) >= 11 is 6.02. The fourth-order valence-electron chi connectivity index (χ4n) is 2.75. The standard InChI is InChI=1S/C22H19ClFNO4/c1-28-21-9-8-15(22(26)27)11-20(21)25-12-14-4-2-5-16(10-14)29-13-17-18(23)6-3-7-19(17)24/h2-11,25H,12-13H2,1H3,(H,26,27). The third-order valence-electron chi connectivity index (χ3n) is 4.27. The topological polar surface area (TPSA) is 67.8 Å². The van der Waals surface area contributed by atoms with E-state index in [1.807, 2.05) is 18.2 Å². The molecule has 2 N–H and O–H groups in total. The highest BCUT2D eigenvalue weighted by Gasteiger charge is 2.10. The van der Waals surface area contributed by atoms with Gasteiger partial charge in [0.05, 0.1) is 23.4 Å². The molecule has 0 radical (unpaired) electrons. The lowest BCUT2D eigenvalue weighted by molar-refractivity contribution is 0.0697. The first-order valence-electron chi connectivity index (χ1n) is 8.77. The molecule has 0 fully saturated rings. The largest absolute Gasteiger partial charge is 0.495 e. The molecule has 29 heavy (non-hydrogen) atoms. The first-order valence-corrected chi connectivity index (χ1v) is 9.15. The molecule has 0 spiro atoms. The quantitative estimate of drug-likeness (QED) is 0.517. The molecule has 0 saturated carbocycles. The maximum atomic E-state index is 13.9. The maximum absolute atomic E-state index is 13.9. The number of halogens is 2. The summed E-state index contributed by atoms with van der Waals surface area (Å²) in [5.74, 6) is -0.329. The molecule has 150 valence electrons. The molecule has 0 unspecified atom stereocenters. The molecule has 0 aliphatic carbocycles. The smallest absolute Gasteiger partial charge is 0.335 e. The molecule has 0 saturated heterocycles. The van der Waals surface area contributed by atoms with Crippen molar-refractivity contribution < 1.29 is 23.8 Å². The van der Waals surface area contributed by atoms with Crippen LogP contribution in [0.4, 0.5) is 10.1 Å². The van der Waals surface area contributed by atoms with Crippen LogP contribution >= 0.6 is 11.6 Å². The SMILES string of the molecule is COc1ccc(C(=O)O)cc1NCc1cccc(OCc2c(F)cccc2Cl)c1. The van der Waals surface area contributed by atoms with Crippen molar-refractivity contribution in [3.8, 4) is 11.5 Å². The Morgan fingerprint density at radius 1 is 1.14 bits per heavy atom. The lowest BCUT2D eigenvalue weighted by atomic mass is 10.1.